The molecular weight excluding hydrogens is 178 g/mol. The van der Waals surface area contributed by atoms with Crippen molar-refractivity contribution in [2.45, 2.75) is 45.6 Å². The summed E-state index contributed by atoms with van der Waals surface area (Å²) in [7, 11) is 0. The number of hydrogen-bond acceptors (Lipinski definition) is 2. The molecule has 1 fully saturated rings. The number of nitrogens with one attached hydrogen (secondary N) is 1. The third kappa shape index (κ3) is 3.29. The minimum Gasteiger partial charge on any atom is -0.481 e. The smallest absolute Gasteiger partial charge is 0.307 e. The predicted octanol–water partition coefficient (Wildman–Crippen LogP) is 1.88. The summed E-state index contributed by atoms with van der Waals surface area (Å²) >= 11 is 0. The molecule has 1 unspecified atom stereocenters. The lowest BCUT2D eigenvalue weighted by molar-refractivity contribution is -0.141. The molecule has 1 aliphatic rings. The molecule has 14 heavy (non-hydrogen) atoms. The van der Waals surface area contributed by atoms with E-state index < -0.39 is 5.97 Å². The molecule has 1 rings (SSSR count). The number of hydrogen-bond donors (Lipinski definition) is 2. The van der Waals surface area contributed by atoms with Crippen LogP contribution in [0.15, 0.2) is 0 Å². The molecule has 1 saturated carbocycles. The van der Waals surface area contributed by atoms with E-state index in [1.54, 1.807) is 6.92 Å². The third-order valence-corrected chi connectivity index (χ3v) is 3.27. The largest absolute Gasteiger partial charge is 0.481 e. The average molecular weight is 199 g/mol. The lowest BCUT2D eigenvalue weighted by Crippen LogP contribution is -2.37. The molecule has 3 nitrogen and oxygen atoms in total. The van der Waals surface area contributed by atoms with Crippen LogP contribution in [0.1, 0.15) is 39.5 Å². The van der Waals surface area contributed by atoms with Crippen molar-refractivity contribution in [3.05, 3.63) is 0 Å². The van der Waals surface area contributed by atoms with Gasteiger partial charge in [0.25, 0.3) is 0 Å². The number of carbonyl (C=O) groups is 1. The standard InChI is InChI=1S/C11H21NO2/c1-8(11(13)14)7-12-9(2)10-5-3-4-6-10/h8-10,12H,3-7H2,1-2H3,(H,13,14)/t8?,9-/m1/s1. The first-order valence-electron chi connectivity index (χ1n) is 5.57. The molecule has 2 atom stereocenters. The van der Waals surface area contributed by atoms with Crippen molar-refractivity contribution in [3.63, 3.8) is 0 Å². The van der Waals surface area contributed by atoms with E-state index >= 15 is 0 Å². The Morgan fingerprint density at radius 3 is 2.50 bits per heavy atom. The summed E-state index contributed by atoms with van der Waals surface area (Å²) in [4.78, 5) is 10.6. The van der Waals surface area contributed by atoms with E-state index in [-0.39, 0.29) is 5.92 Å². The van der Waals surface area contributed by atoms with Gasteiger partial charge in [-0.15, -0.1) is 0 Å². The van der Waals surface area contributed by atoms with Gasteiger partial charge in [0.05, 0.1) is 5.92 Å². The van der Waals surface area contributed by atoms with E-state index in [0.29, 0.717) is 12.6 Å². The molecule has 0 heterocycles. The number of rotatable bonds is 5. The van der Waals surface area contributed by atoms with Crippen molar-refractivity contribution in [1.29, 1.82) is 0 Å². The van der Waals surface area contributed by atoms with Crippen LogP contribution in [0.25, 0.3) is 0 Å². The summed E-state index contributed by atoms with van der Waals surface area (Å²) in [6.45, 7) is 4.51. The average Bonchev–Trinajstić information content (AvgIpc) is 2.66. The van der Waals surface area contributed by atoms with Crippen LogP contribution in [-0.2, 0) is 4.79 Å². The molecule has 0 aromatic heterocycles. The van der Waals surface area contributed by atoms with Gasteiger partial charge in [-0.3, -0.25) is 4.79 Å². The Morgan fingerprint density at radius 2 is 2.00 bits per heavy atom. The van der Waals surface area contributed by atoms with Crippen LogP contribution in [0.3, 0.4) is 0 Å². The van der Waals surface area contributed by atoms with Crippen molar-refractivity contribution in [3.8, 4) is 0 Å². The lowest BCUT2D eigenvalue weighted by atomic mass is 9.99. The fourth-order valence-corrected chi connectivity index (χ4v) is 2.07. The van der Waals surface area contributed by atoms with Crippen molar-refractivity contribution in [2.24, 2.45) is 11.8 Å². The first-order chi connectivity index (χ1) is 6.61. The van der Waals surface area contributed by atoms with E-state index in [0.717, 1.165) is 5.92 Å². The van der Waals surface area contributed by atoms with Crippen LogP contribution in [0.4, 0.5) is 0 Å². The van der Waals surface area contributed by atoms with Gasteiger partial charge in [-0.2, -0.15) is 0 Å². The van der Waals surface area contributed by atoms with Crippen molar-refractivity contribution >= 4 is 5.97 Å². The van der Waals surface area contributed by atoms with Crippen LogP contribution < -0.4 is 5.32 Å². The highest BCUT2D eigenvalue weighted by Crippen LogP contribution is 2.27. The summed E-state index contributed by atoms with van der Waals surface area (Å²) < 4.78 is 0. The number of carboxylic acid groups (broad SMARTS) is 1. The van der Waals surface area contributed by atoms with E-state index in [9.17, 15) is 4.79 Å². The van der Waals surface area contributed by atoms with Gasteiger partial charge in [0.15, 0.2) is 0 Å². The Hall–Kier alpha value is -0.570. The summed E-state index contributed by atoms with van der Waals surface area (Å²) in [6.07, 6.45) is 5.28. The molecule has 0 aromatic rings. The van der Waals surface area contributed by atoms with Crippen LogP contribution in [0.5, 0.6) is 0 Å². The second-order valence-corrected chi connectivity index (χ2v) is 4.48. The van der Waals surface area contributed by atoms with E-state index in [4.69, 9.17) is 5.11 Å². The van der Waals surface area contributed by atoms with E-state index in [2.05, 4.69) is 12.2 Å². The second kappa shape index (κ2) is 5.35. The third-order valence-electron chi connectivity index (χ3n) is 3.27. The normalized spacial score (nSPS) is 22.1. The summed E-state index contributed by atoms with van der Waals surface area (Å²) in [6, 6.07) is 0.472. The van der Waals surface area contributed by atoms with Gasteiger partial charge in [0.2, 0.25) is 0 Å². The monoisotopic (exact) mass is 199 g/mol. The highest BCUT2D eigenvalue weighted by atomic mass is 16.4. The number of carboxylic acids is 1. The van der Waals surface area contributed by atoms with Gasteiger partial charge in [-0.05, 0) is 25.7 Å². The van der Waals surface area contributed by atoms with Gasteiger partial charge in [0.1, 0.15) is 0 Å². The predicted molar refractivity (Wildman–Crippen MR) is 56.2 cm³/mol. The minimum atomic E-state index is -0.712. The van der Waals surface area contributed by atoms with E-state index in [1.807, 2.05) is 0 Å². The molecule has 3 heteroatoms. The van der Waals surface area contributed by atoms with Crippen LogP contribution in [0, 0.1) is 11.8 Å². The Bertz CT molecular complexity index is 188. The molecule has 0 amide bonds. The fraction of sp³-hybridized carbons (Fsp3) is 0.909. The van der Waals surface area contributed by atoms with Crippen molar-refractivity contribution in [1.82, 2.24) is 5.32 Å². The summed E-state index contributed by atoms with van der Waals surface area (Å²) in [5, 5.41) is 12.0. The maximum absolute atomic E-state index is 10.6. The Morgan fingerprint density at radius 1 is 1.43 bits per heavy atom. The molecule has 82 valence electrons. The van der Waals surface area contributed by atoms with E-state index in [1.165, 1.54) is 25.7 Å². The highest BCUT2D eigenvalue weighted by molar-refractivity contribution is 5.69. The van der Waals surface area contributed by atoms with Crippen molar-refractivity contribution < 1.29 is 9.90 Å². The highest BCUT2D eigenvalue weighted by Gasteiger charge is 2.22. The van der Waals surface area contributed by atoms with Gasteiger partial charge >= 0.3 is 5.97 Å². The maximum Gasteiger partial charge on any atom is 0.307 e. The maximum atomic E-state index is 10.6. The molecule has 0 aromatic carbocycles. The van der Waals surface area contributed by atoms with Gasteiger partial charge in [-0.25, -0.2) is 0 Å². The quantitative estimate of drug-likeness (QED) is 0.710. The first-order valence-corrected chi connectivity index (χ1v) is 5.57. The molecule has 0 spiro atoms. The molecule has 1 aliphatic carbocycles. The molecular formula is C11H21NO2. The molecule has 0 aliphatic heterocycles. The Balaban J connectivity index is 2.19. The lowest BCUT2D eigenvalue weighted by Gasteiger charge is -2.21. The van der Waals surface area contributed by atoms with Crippen LogP contribution >= 0.6 is 0 Å². The zero-order chi connectivity index (χ0) is 10.6. The zero-order valence-electron chi connectivity index (χ0n) is 9.12. The fourth-order valence-electron chi connectivity index (χ4n) is 2.07. The summed E-state index contributed by atoms with van der Waals surface area (Å²) in [5.41, 5.74) is 0. The first kappa shape index (κ1) is 11.5. The Kier molecular flexibility index (Phi) is 4.39. The van der Waals surface area contributed by atoms with Crippen molar-refractivity contribution in [2.75, 3.05) is 6.54 Å². The molecule has 2 N–H and O–H groups in total. The van der Waals surface area contributed by atoms with Gasteiger partial charge in [0, 0.05) is 12.6 Å². The van der Waals surface area contributed by atoms with Crippen LogP contribution in [-0.4, -0.2) is 23.7 Å². The minimum absolute atomic E-state index is 0.279. The topological polar surface area (TPSA) is 49.3 Å². The summed E-state index contributed by atoms with van der Waals surface area (Å²) in [5.74, 6) is -0.231. The molecule has 0 bridgehead atoms. The second-order valence-electron chi connectivity index (χ2n) is 4.48. The van der Waals surface area contributed by atoms with Gasteiger partial charge in [-0.1, -0.05) is 19.8 Å². The Labute approximate surface area is 85.9 Å². The molecule has 0 radical (unpaired) electrons. The zero-order valence-corrected chi connectivity index (χ0v) is 9.12. The number of aliphatic carboxylic acids is 1. The van der Waals surface area contributed by atoms with Gasteiger partial charge < -0.3 is 10.4 Å². The van der Waals surface area contributed by atoms with Crippen LogP contribution in [0.2, 0.25) is 0 Å². The SMILES string of the molecule is CC(CN[C@H](C)C1CCCC1)C(=O)O. The molecule has 0 saturated heterocycles.